The Kier molecular flexibility index (Phi) is 5.91. The molecule has 1 amide bonds. The summed E-state index contributed by atoms with van der Waals surface area (Å²) in [6, 6.07) is 8.08. The molecule has 1 aromatic carbocycles. The summed E-state index contributed by atoms with van der Waals surface area (Å²) >= 11 is 6.30. The number of hydrogen-bond acceptors (Lipinski definition) is 2. The van der Waals surface area contributed by atoms with Gasteiger partial charge in [0.15, 0.2) is 0 Å². The van der Waals surface area contributed by atoms with Crippen LogP contribution in [0.25, 0.3) is 0 Å². The van der Waals surface area contributed by atoms with Crippen molar-refractivity contribution in [3.63, 3.8) is 0 Å². The van der Waals surface area contributed by atoms with Crippen LogP contribution in [0.15, 0.2) is 24.3 Å². The maximum atomic E-state index is 12.6. The maximum Gasteiger partial charge on any atom is 0.223 e. The van der Waals surface area contributed by atoms with Crippen molar-refractivity contribution in [3.8, 4) is 0 Å². The van der Waals surface area contributed by atoms with Gasteiger partial charge in [0, 0.05) is 18.0 Å². The van der Waals surface area contributed by atoms with E-state index in [1.54, 1.807) is 0 Å². The predicted molar refractivity (Wildman–Crippen MR) is 88.0 cm³/mol. The molecule has 2 heterocycles. The minimum absolute atomic E-state index is 0. The van der Waals surface area contributed by atoms with E-state index in [0.717, 1.165) is 49.5 Å². The first-order valence-electron chi connectivity index (χ1n) is 7.50. The van der Waals surface area contributed by atoms with Crippen molar-refractivity contribution in [2.75, 3.05) is 19.6 Å². The Balaban J connectivity index is 0.00000161. The lowest BCUT2D eigenvalue weighted by molar-refractivity contribution is -0.133. The number of carbonyl (C=O) groups is 1. The topological polar surface area (TPSA) is 32.3 Å². The van der Waals surface area contributed by atoms with Gasteiger partial charge in [-0.05, 0) is 49.9 Å². The number of rotatable bonds is 3. The Labute approximate surface area is 137 Å². The van der Waals surface area contributed by atoms with E-state index in [0.29, 0.717) is 18.2 Å². The third-order valence-corrected chi connectivity index (χ3v) is 4.81. The SMILES string of the molecule is Cl.O=C(CC1CCNC1)N1CCCC1c1ccccc1Cl. The van der Waals surface area contributed by atoms with E-state index in [9.17, 15) is 4.79 Å². The summed E-state index contributed by atoms with van der Waals surface area (Å²) in [5.41, 5.74) is 1.10. The van der Waals surface area contributed by atoms with Crippen molar-refractivity contribution in [1.82, 2.24) is 10.2 Å². The highest BCUT2D eigenvalue weighted by molar-refractivity contribution is 6.31. The number of amides is 1. The summed E-state index contributed by atoms with van der Waals surface area (Å²) in [6.45, 7) is 2.90. The summed E-state index contributed by atoms with van der Waals surface area (Å²) in [6.07, 6.45) is 3.90. The van der Waals surface area contributed by atoms with Gasteiger partial charge in [0.2, 0.25) is 5.91 Å². The zero-order valence-electron chi connectivity index (χ0n) is 12.1. The van der Waals surface area contributed by atoms with Crippen molar-refractivity contribution < 1.29 is 4.79 Å². The smallest absolute Gasteiger partial charge is 0.223 e. The standard InChI is InChI=1S/C16H21ClN2O.ClH/c17-14-5-2-1-4-13(14)15-6-3-9-19(15)16(20)10-12-7-8-18-11-12;/h1-2,4-5,12,15,18H,3,6-11H2;1H. The summed E-state index contributed by atoms with van der Waals surface area (Å²) in [5, 5.41) is 4.11. The van der Waals surface area contributed by atoms with E-state index < -0.39 is 0 Å². The van der Waals surface area contributed by atoms with Crippen LogP contribution in [0.4, 0.5) is 0 Å². The first kappa shape index (κ1) is 16.6. The average molecular weight is 329 g/mol. The number of nitrogens with zero attached hydrogens (tertiary/aromatic N) is 1. The summed E-state index contributed by atoms with van der Waals surface area (Å²) < 4.78 is 0. The molecule has 0 radical (unpaired) electrons. The molecule has 1 N–H and O–H groups in total. The molecule has 0 spiro atoms. The van der Waals surface area contributed by atoms with Gasteiger partial charge in [-0.3, -0.25) is 4.79 Å². The number of likely N-dealkylation sites (tertiary alicyclic amines) is 1. The molecule has 0 saturated carbocycles. The first-order valence-corrected chi connectivity index (χ1v) is 7.88. The molecule has 0 bridgehead atoms. The lowest BCUT2D eigenvalue weighted by atomic mass is 10.0. The second-order valence-corrected chi connectivity index (χ2v) is 6.24. The van der Waals surface area contributed by atoms with Gasteiger partial charge in [-0.25, -0.2) is 0 Å². The van der Waals surface area contributed by atoms with Crippen LogP contribution in [-0.2, 0) is 4.79 Å². The van der Waals surface area contributed by atoms with Gasteiger partial charge in [0.25, 0.3) is 0 Å². The molecule has 3 nitrogen and oxygen atoms in total. The monoisotopic (exact) mass is 328 g/mol. The van der Waals surface area contributed by atoms with Crippen LogP contribution >= 0.6 is 24.0 Å². The van der Waals surface area contributed by atoms with Gasteiger partial charge < -0.3 is 10.2 Å². The normalized spacial score (nSPS) is 24.9. The predicted octanol–water partition coefficient (Wildman–Crippen LogP) is 3.42. The number of nitrogens with one attached hydrogen (secondary N) is 1. The van der Waals surface area contributed by atoms with E-state index in [4.69, 9.17) is 11.6 Å². The Morgan fingerprint density at radius 3 is 2.86 bits per heavy atom. The molecule has 0 aliphatic carbocycles. The zero-order valence-corrected chi connectivity index (χ0v) is 13.6. The molecular weight excluding hydrogens is 307 g/mol. The lowest BCUT2D eigenvalue weighted by Crippen LogP contribution is -2.32. The molecule has 2 unspecified atom stereocenters. The maximum absolute atomic E-state index is 12.6. The number of hydrogen-bond donors (Lipinski definition) is 1. The molecule has 2 aliphatic rings. The molecule has 0 aromatic heterocycles. The average Bonchev–Trinajstić information content (AvgIpc) is 3.09. The number of benzene rings is 1. The summed E-state index contributed by atoms with van der Waals surface area (Å²) in [4.78, 5) is 14.6. The van der Waals surface area contributed by atoms with Gasteiger partial charge in [-0.2, -0.15) is 0 Å². The van der Waals surface area contributed by atoms with Crippen LogP contribution in [-0.4, -0.2) is 30.4 Å². The molecule has 5 heteroatoms. The summed E-state index contributed by atoms with van der Waals surface area (Å²) in [7, 11) is 0. The van der Waals surface area contributed by atoms with Gasteiger partial charge in [-0.1, -0.05) is 29.8 Å². The minimum Gasteiger partial charge on any atom is -0.336 e. The highest BCUT2D eigenvalue weighted by Crippen LogP contribution is 2.36. The molecule has 116 valence electrons. The fourth-order valence-electron chi connectivity index (χ4n) is 3.39. The van der Waals surface area contributed by atoms with Crippen molar-refractivity contribution in [2.24, 2.45) is 5.92 Å². The largest absolute Gasteiger partial charge is 0.336 e. The van der Waals surface area contributed by atoms with E-state index >= 15 is 0 Å². The minimum atomic E-state index is 0. The Morgan fingerprint density at radius 1 is 1.33 bits per heavy atom. The number of halogens is 2. The van der Waals surface area contributed by atoms with Crippen LogP contribution in [0.1, 0.15) is 37.3 Å². The molecular formula is C16H22Cl2N2O. The highest BCUT2D eigenvalue weighted by Gasteiger charge is 2.32. The van der Waals surface area contributed by atoms with E-state index in [2.05, 4.69) is 11.4 Å². The lowest BCUT2D eigenvalue weighted by Gasteiger charge is -2.27. The van der Waals surface area contributed by atoms with Crippen LogP contribution in [0.5, 0.6) is 0 Å². The van der Waals surface area contributed by atoms with Crippen molar-refractivity contribution in [1.29, 1.82) is 0 Å². The molecule has 1 aromatic rings. The molecule has 2 atom stereocenters. The third kappa shape index (κ3) is 3.71. The van der Waals surface area contributed by atoms with E-state index in [1.165, 1.54) is 0 Å². The van der Waals surface area contributed by atoms with Crippen molar-refractivity contribution in [3.05, 3.63) is 34.9 Å². The Morgan fingerprint density at radius 2 is 2.14 bits per heavy atom. The molecule has 2 aliphatic heterocycles. The Hall–Kier alpha value is -0.770. The first-order chi connectivity index (χ1) is 9.75. The van der Waals surface area contributed by atoms with E-state index in [1.807, 2.05) is 23.1 Å². The third-order valence-electron chi connectivity index (χ3n) is 4.46. The van der Waals surface area contributed by atoms with Crippen molar-refractivity contribution in [2.45, 2.75) is 31.7 Å². The zero-order chi connectivity index (χ0) is 13.9. The van der Waals surface area contributed by atoms with Crippen LogP contribution in [0, 0.1) is 5.92 Å². The van der Waals surface area contributed by atoms with E-state index in [-0.39, 0.29) is 18.4 Å². The van der Waals surface area contributed by atoms with Crippen molar-refractivity contribution >= 4 is 29.9 Å². The van der Waals surface area contributed by atoms with Gasteiger partial charge in [0.1, 0.15) is 0 Å². The fraction of sp³-hybridized carbons (Fsp3) is 0.562. The molecule has 2 saturated heterocycles. The molecule has 3 rings (SSSR count). The molecule has 21 heavy (non-hydrogen) atoms. The van der Waals surface area contributed by atoms with Gasteiger partial charge >= 0.3 is 0 Å². The highest BCUT2D eigenvalue weighted by atomic mass is 35.5. The second kappa shape index (κ2) is 7.48. The summed E-state index contributed by atoms with van der Waals surface area (Å²) in [5.74, 6) is 0.802. The van der Waals surface area contributed by atoms with Gasteiger partial charge in [-0.15, -0.1) is 12.4 Å². The van der Waals surface area contributed by atoms with Crippen LogP contribution in [0.2, 0.25) is 5.02 Å². The molecule has 2 fully saturated rings. The number of carbonyl (C=O) groups excluding carboxylic acids is 1. The van der Waals surface area contributed by atoms with Gasteiger partial charge in [0.05, 0.1) is 6.04 Å². The Bertz CT molecular complexity index is 489. The second-order valence-electron chi connectivity index (χ2n) is 5.83. The quantitative estimate of drug-likeness (QED) is 0.921. The fourth-order valence-corrected chi connectivity index (χ4v) is 3.65. The van der Waals surface area contributed by atoms with Crippen LogP contribution < -0.4 is 5.32 Å². The van der Waals surface area contributed by atoms with Crippen LogP contribution in [0.3, 0.4) is 0 Å².